The lowest BCUT2D eigenvalue weighted by atomic mass is 10.0. The zero-order valence-corrected chi connectivity index (χ0v) is 17.7. The summed E-state index contributed by atoms with van der Waals surface area (Å²) in [7, 11) is 0. The fourth-order valence-electron chi connectivity index (χ4n) is 3.83. The smallest absolute Gasteiger partial charge is 0.325 e. The Balaban J connectivity index is 1.51. The Morgan fingerprint density at radius 2 is 1.97 bits per heavy atom. The zero-order valence-electron chi connectivity index (χ0n) is 17.7. The number of urea groups is 1. The number of hydrogen-bond acceptors (Lipinski definition) is 5. The van der Waals surface area contributed by atoms with Crippen LogP contribution in [-0.2, 0) is 0 Å². The van der Waals surface area contributed by atoms with Crippen molar-refractivity contribution in [1.82, 2.24) is 14.9 Å². The largest absolute Gasteiger partial charge is 0.494 e. The lowest BCUT2D eigenvalue weighted by Crippen LogP contribution is -2.41. The minimum absolute atomic E-state index is 0.0365. The average Bonchev–Trinajstić information content (AvgIpc) is 3.54. The predicted molar refractivity (Wildman–Crippen MR) is 114 cm³/mol. The minimum atomic E-state index is -0.175. The van der Waals surface area contributed by atoms with Crippen molar-refractivity contribution in [2.24, 2.45) is 5.92 Å². The summed E-state index contributed by atoms with van der Waals surface area (Å²) in [5.74, 6) is 2.10. The Kier molecular flexibility index (Phi) is 5.70. The van der Waals surface area contributed by atoms with Gasteiger partial charge in [-0.3, -0.25) is 9.69 Å². The van der Waals surface area contributed by atoms with Gasteiger partial charge in [0.1, 0.15) is 11.6 Å². The third-order valence-corrected chi connectivity index (χ3v) is 5.71. The normalized spacial score (nSPS) is 18.9. The van der Waals surface area contributed by atoms with E-state index in [1.165, 1.54) is 0 Å². The van der Waals surface area contributed by atoms with E-state index >= 15 is 0 Å². The highest BCUT2D eigenvalue weighted by molar-refractivity contribution is 6.02. The van der Waals surface area contributed by atoms with Crippen molar-refractivity contribution in [3.63, 3.8) is 0 Å². The molecule has 0 unspecified atom stereocenters. The van der Waals surface area contributed by atoms with Crippen LogP contribution in [0.15, 0.2) is 36.7 Å². The van der Waals surface area contributed by atoms with Crippen LogP contribution in [0.4, 0.5) is 10.5 Å². The van der Waals surface area contributed by atoms with E-state index in [2.05, 4.69) is 23.8 Å². The Hall–Kier alpha value is -2.96. The molecule has 0 spiro atoms. The number of Topliss-reactive ketones (excluding diaryl/α,β-unsaturated/α-hetero) is 1. The van der Waals surface area contributed by atoms with Crippen molar-refractivity contribution < 1.29 is 14.3 Å². The van der Waals surface area contributed by atoms with Crippen LogP contribution in [0.5, 0.6) is 5.75 Å². The maximum Gasteiger partial charge on any atom is 0.325 e. The molecule has 158 valence electrons. The summed E-state index contributed by atoms with van der Waals surface area (Å²) in [6.45, 7) is 7.14. The minimum Gasteiger partial charge on any atom is -0.494 e. The van der Waals surface area contributed by atoms with Gasteiger partial charge >= 0.3 is 6.03 Å². The zero-order chi connectivity index (χ0) is 21.3. The molecule has 0 N–H and O–H groups in total. The van der Waals surface area contributed by atoms with Gasteiger partial charge in [0.15, 0.2) is 5.78 Å². The molecule has 1 atom stereocenters. The molecule has 4 rings (SSSR count). The molecule has 2 aliphatic rings. The molecule has 1 aliphatic heterocycles. The van der Waals surface area contributed by atoms with Crippen LogP contribution in [0.25, 0.3) is 0 Å². The molecule has 0 bridgehead atoms. The van der Waals surface area contributed by atoms with E-state index < -0.39 is 0 Å². The molecule has 1 saturated carbocycles. The van der Waals surface area contributed by atoms with E-state index in [0.29, 0.717) is 36.1 Å². The van der Waals surface area contributed by atoms with Gasteiger partial charge < -0.3 is 9.64 Å². The summed E-state index contributed by atoms with van der Waals surface area (Å²) in [6.07, 6.45) is 5.73. The van der Waals surface area contributed by atoms with Gasteiger partial charge in [-0.2, -0.15) is 0 Å². The number of amides is 2. The van der Waals surface area contributed by atoms with Crippen LogP contribution in [0.2, 0.25) is 0 Å². The van der Waals surface area contributed by atoms with Crippen molar-refractivity contribution in [3.8, 4) is 5.75 Å². The molecule has 1 aromatic carbocycles. The van der Waals surface area contributed by atoms with Crippen molar-refractivity contribution in [2.75, 3.05) is 24.6 Å². The monoisotopic (exact) mass is 408 g/mol. The Morgan fingerprint density at radius 1 is 1.23 bits per heavy atom. The van der Waals surface area contributed by atoms with Gasteiger partial charge in [0.25, 0.3) is 0 Å². The average molecular weight is 409 g/mol. The fourth-order valence-corrected chi connectivity index (χ4v) is 3.83. The molecule has 2 heterocycles. The van der Waals surface area contributed by atoms with Crippen LogP contribution >= 0.6 is 0 Å². The molecular weight excluding hydrogens is 380 g/mol. The molecule has 30 heavy (non-hydrogen) atoms. The van der Waals surface area contributed by atoms with E-state index in [9.17, 15) is 9.59 Å². The molecular formula is C23H28N4O3. The van der Waals surface area contributed by atoms with Gasteiger partial charge in [-0.05, 0) is 37.8 Å². The first-order valence-electron chi connectivity index (χ1n) is 10.6. The van der Waals surface area contributed by atoms with Gasteiger partial charge in [0, 0.05) is 18.0 Å². The standard InChI is InChI=1S/C23H28N4O3/c1-4-30-19-7-5-6-17(10-19)21(28)14-27-20(15(2)3)13-26(23(27)29)18-11-24-22(25-12-18)16-8-9-16/h5-7,10-12,15-16,20H,4,8-9,13-14H2,1-3H3/t20-/m1/s1. The summed E-state index contributed by atoms with van der Waals surface area (Å²) < 4.78 is 5.50. The number of anilines is 1. The number of carbonyl (C=O) groups is 2. The number of rotatable bonds is 8. The summed E-state index contributed by atoms with van der Waals surface area (Å²) in [5, 5.41) is 0. The van der Waals surface area contributed by atoms with Gasteiger partial charge in [-0.25, -0.2) is 14.8 Å². The van der Waals surface area contributed by atoms with E-state index in [-0.39, 0.29) is 30.3 Å². The molecule has 1 aliphatic carbocycles. The number of carbonyl (C=O) groups excluding carboxylic acids is 2. The second-order valence-electron chi connectivity index (χ2n) is 8.29. The lowest BCUT2D eigenvalue weighted by molar-refractivity contribution is 0.0925. The summed E-state index contributed by atoms with van der Waals surface area (Å²) in [6, 6.07) is 6.89. The molecule has 0 radical (unpaired) electrons. The van der Waals surface area contributed by atoms with E-state index in [1.54, 1.807) is 40.4 Å². The first-order valence-corrected chi connectivity index (χ1v) is 10.6. The molecule has 7 heteroatoms. The molecule has 2 aromatic rings. The highest BCUT2D eigenvalue weighted by atomic mass is 16.5. The third-order valence-electron chi connectivity index (χ3n) is 5.71. The van der Waals surface area contributed by atoms with Crippen molar-refractivity contribution in [1.29, 1.82) is 0 Å². The second-order valence-corrected chi connectivity index (χ2v) is 8.29. The molecule has 7 nitrogen and oxygen atoms in total. The number of ether oxygens (including phenoxy) is 1. The van der Waals surface area contributed by atoms with Crippen LogP contribution in [-0.4, -0.2) is 52.4 Å². The highest BCUT2D eigenvalue weighted by Gasteiger charge is 2.41. The SMILES string of the molecule is CCOc1cccc(C(=O)CN2C(=O)N(c3cnc(C4CC4)nc3)C[C@@H]2C(C)C)c1. The lowest BCUT2D eigenvalue weighted by Gasteiger charge is -2.25. The van der Waals surface area contributed by atoms with Crippen molar-refractivity contribution in [2.45, 2.75) is 45.6 Å². The molecule has 2 amide bonds. The topological polar surface area (TPSA) is 75.6 Å². The van der Waals surface area contributed by atoms with Gasteiger partial charge in [-0.15, -0.1) is 0 Å². The van der Waals surface area contributed by atoms with E-state index in [0.717, 1.165) is 18.7 Å². The maximum atomic E-state index is 13.2. The van der Waals surface area contributed by atoms with Crippen LogP contribution < -0.4 is 9.64 Å². The van der Waals surface area contributed by atoms with Crippen LogP contribution in [0, 0.1) is 5.92 Å². The number of nitrogens with zero attached hydrogens (tertiary/aromatic N) is 4. The van der Waals surface area contributed by atoms with Crippen molar-refractivity contribution in [3.05, 3.63) is 48.0 Å². The number of aromatic nitrogens is 2. The number of hydrogen-bond donors (Lipinski definition) is 0. The summed E-state index contributed by atoms with van der Waals surface area (Å²) in [4.78, 5) is 38.4. The number of ketones is 1. The predicted octanol–water partition coefficient (Wildman–Crippen LogP) is 3.90. The van der Waals surface area contributed by atoms with Crippen LogP contribution in [0.3, 0.4) is 0 Å². The fraction of sp³-hybridized carbons (Fsp3) is 0.478. The van der Waals surface area contributed by atoms with Crippen molar-refractivity contribution >= 4 is 17.5 Å². The number of benzene rings is 1. The van der Waals surface area contributed by atoms with E-state index in [4.69, 9.17) is 4.74 Å². The third kappa shape index (κ3) is 4.15. The first kappa shape index (κ1) is 20.3. The Labute approximate surface area is 177 Å². The van der Waals surface area contributed by atoms with Gasteiger partial charge in [0.2, 0.25) is 0 Å². The summed E-state index contributed by atoms with van der Waals surface area (Å²) >= 11 is 0. The van der Waals surface area contributed by atoms with Gasteiger partial charge in [0.05, 0.1) is 37.3 Å². The maximum absolute atomic E-state index is 13.2. The van der Waals surface area contributed by atoms with Gasteiger partial charge in [-0.1, -0.05) is 26.0 Å². The van der Waals surface area contributed by atoms with Crippen LogP contribution in [0.1, 0.15) is 55.7 Å². The Bertz CT molecular complexity index is 924. The molecule has 2 fully saturated rings. The highest BCUT2D eigenvalue weighted by Crippen LogP contribution is 2.38. The van der Waals surface area contributed by atoms with E-state index in [1.807, 2.05) is 13.0 Å². The Morgan fingerprint density at radius 3 is 2.60 bits per heavy atom. The second kappa shape index (κ2) is 8.42. The quantitative estimate of drug-likeness (QED) is 0.619. The summed E-state index contributed by atoms with van der Waals surface area (Å²) in [5.41, 5.74) is 1.23. The molecule has 1 aromatic heterocycles. The molecule has 1 saturated heterocycles. The first-order chi connectivity index (χ1) is 14.5.